The summed E-state index contributed by atoms with van der Waals surface area (Å²) < 4.78 is 5.16. The van der Waals surface area contributed by atoms with Gasteiger partial charge in [0.25, 0.3) is 0 Å². The first-order valence-corrected chi connectivity index (χ1v) is 7.20. The molecule has 0 saturated heterocycles. The van der Waals surface area contributed by atoms with Crippen LogP contribution in [0, 0.1) is 6.92 Å². The van der Waals surface area contributed by atoms with E-state index in [2.05, 4.69) is 15.2 Å². The van der Waals surface area contributed by atoms with Crippen molar-refractivity contribution in [1.82, 2.24) is 15.2 Å². The van der Waals surface area contributed by atoms with Gasteiger partial charge in [-0.2, -0.15) is 0 Å². The lowest BCUT2D eigenvalue weighted by molar-refractivity contribution is 0.415. The number of nitrogens with two attached hydrogens (primary N) is 1. The predicted molar refractivity (Wildman–Crippen MR) is 84.3 cm³/mol. The highest BCUT2D eigenvalue weighted by Crippen LogP contribution is 2.29. The second-order valence-electron chi connectivity index (χ2n) is 4.50. The Morgan fingerprint density at radius 3 is 2.38 bits per heavy atom. The number of methoxy groups -OCH3 is 1. The summed E-state index contributed by atoms with van der Waals surface area (Å²) in [4.78, 5) is 4.64. The molecule has 106 valence electrons. The molecule has 2 N–H and O–H groups in total. The number of benzene rings is 1. The topological polar surface area (TPSA) is 73.9 Å². The predicted octanol–water partition coefficient (Wildman–Crippen LogP) is 3.17. The van der Waals surface area contributed by atoms with E-state index in [1.165, 1.54) is 11.3 Å². The van der Waals surface area contributed by atoms with Gasteiger partial charge in [0, 0.05) is 16.8 Å². The average Bonchev–Trinajstić information content (AvgIpc) is 2.93. The van der Waals surface area contributed by atoms with Crippen LogP contribution in [0.25, 0.3) is 21.8 Å². The fraction of sp³-hybridized carbons (Fsp3) is 0.133. The number of hydrogen-bond acceptors (Lipinski definition) is 6. The molecule has 0 unspecified atom stereocenters. The van der Waals surface area contributed by atoms with E-state index in [4.69, 9.17) is 10.5 Å². The third kappa shape index (κ3) is 2.71. The van der Waals surface area contributed by atoms with Crippen molar-refractivity contribution in [3.05, 3.63) is 42.1 Å². The van der Waals surface area contributed by atoms with Crippen LogP contribution >= 0.6 is 11.3 Å². The van der Waals surface area contributed by atoms with E-state index in [1.807, 2.05) is 43.3 Å². The SMILES string of the molecule is COc1ccc(-c2ccc(-c3nnc(N)s3)c(C)n2)cc1. The highest BCUT2D eigenvalue weighted by Gasteiger charge is 2.10. The Kier molecular flexibility index (Phi) is 3.53. The number of aryl methyl sites for hydroxylation is 1. The van der Waals surface area contributed by atoms with Gasteiger partial charge in [0.15, 0.2) is 5.01 Å². The van der Waals surface area contributed by atoms with Crippen LogP contribution in [0.5, 0.6) is 5.75 Å². The van der Waals surface area contributed by atoms with Crippen LogP contribution in [0.2, 0.25) is 0 Å². The molecular formula is C15H14N4OS. The molecule has 0 bridgehead atoms. The largest absolute Gasteiger partial charge is 0.497 e. The van der Waals surface area contributed by atoms with Gasteiger partial charge in [0.05, 0.1) is 12.8 Å². The number of rotatable bonds is 3. The maximum absolute atomic E-state index is 5.63. The zero-order chi connectivity index (χ0) is 14.8. The maximum Gasteiger partial charge on any atom is 0.203 e. The molecular weight excluding hydrogens is 284 g/mol. The average molecular weight is 298 g/mol. The molecule has 0 aliphatic carbocycles. The molecule has 0 spiro atoms. The van der Waals surface area contributed by atoms with Crippen LogP contribution in [0.3, 0.4) is 0 Å². The molecule has 0 atom stereocenters. The van der Waals surface area contributed by atoms with Crippen molar-refractivity contribution in [3.8, 4) is 27.6 Å². The first-order valence-electron chi connectivity index (χ1n) is 6.39. The third-order valence-electron chi connectivity index (χ3n) is 3.14. The summed E-state index contributed by atoms with van der Waals surface area (Å²) in [5, 5.41) is 9.15. The van der Waals surface area contributed by atoms with E-state index in [1.54, 1.807) is 7.11 Å². The fourth-order valence-electron chi connectivity index (χ4n) is 2.05. The minimum Gasteiger partial charge on any atom is -0.497 e. The Bertz CT molecular complexity index is 768. The van der Waals surface area contributed by atoms with Crippen molar-refractivity contribution in [2.75, 3.05) is 12.8 Å². The Labute approximate surface area is 126 Å². The molecule has 0 aliphatic heterocycles. The summed E-state index contributed by atoms with van der Waals surface area (Å²) in [6.45, 7) is 1.96. The summed E-state index contributed by atoms with van der Waals surface area (Å²) in [6.07, 6.45) is 0. The Balaban J connectivity index is 1.96. The van der Waals surface area contributed by atoms with Crippen molar-refractivity contribution in [1.29, 1.82) is 0 Å². The van der Waals surface area contributed by atoms with E-state index in [0.29, 0.717) is 5.13 Å². The number of aromatic nitrogens is 3. The summed E-state index contributed by atoms with van der Waals surface area (Å²) in [5.41, 5.74) is 9.45. The van der Waals surface area contributed by atoms with Crippen molar-refractivity contribution in [2.24, 2.45) is 0 Å². The Hall–Kier alpha value is -2.47. The molecule has 0 saturated carbocycles. The van der Waals surface area contributed by atoms with Gasteiger partial charge < -0.3 is 10.5 Å². The number of nitrogen functional groups attached to an aromatic ring is 1. The standard InChI is InChI=1S/C15H14N4OS/c1-9-12(14-18-19-15(16)21-14)7-8-13(17-9)10-3-5-11(20-2)6-4-10/h3-8H,1-2H3,(H2,16,19). The molecule has 6 heteroatoms. The smallest absolute Gasteiger partial charge is 0.203 e. The summed E-state index contributed by atoms with van der Waals surface area (Å²) in [7, 11) is 1.65. The lowest BCUT2D eigenvalue weighted by atomic mass is 10.1. The number of pyridine rings is 1. The second kappa shape index (κ2) is 5.49. The first kappa shape index (κ1) is 13.5. The minimum absolute atomic E-state index is 0.462. The number of anilines is 1. The van der Waals surface area contributed by atoms with Crippen LogP contribution < -0.4 is 10.5 Å². The number of nitrogens with zero attached hydrogens (tertiary/aromatic N) is 3. The molecule has 0 amide bonds. The van der Waals surface area contributed by atoms with Gasteiger partial charge in [0.2, 0.25) is 5.13 Å². The van der Waals surface area contributed by atoms with Crippen molar-refractivity contribution in [2.45, 2.75) is 6.92 Å². The van der Waals surface area contributed by atoms with Crippen LogP contribution in [0.4, 0.5) is 5.13 Å². The Morgan fingerprint density at radius 1 is 1.05 bits per heavy atom. The summed E-state index contributed by atoms with van der Waals surface area (Å²) in [5.74, 6) is 0.830. The molecule has 2 aromatic heterocycles. The highest BCUT2D eigenvalue weighted by atomic mass is 32.1. The lowest BCUT2D eigenvalue weighted by Gasteiger charge is -2.06. The van der Waals surface area contributed by atoms with E-state index < -0.39 is 0 Å². The zero-order valence-corrected chi connectivity index (χ0v) is 12.5. The molecule has 0 radical (unpaired) electrons. The lowest BCUT2D eigenvalue weighted by Crippen LogP contribution is -1.91. The van der Waals surface area contributed by atoms with Crippen molar-refractivity contribution < 1.29 is 4.74 Å². The Morgan fingerprint density at radius 2 is 1.81 bits per heavy atom. The van der Waals surface area contributed by atoms with Crippen LogP contribution in [0.15, 0.2) is 36.4 Å². The molecule has 3 aromatic rings. The fourth-order valence-corrected chi connectivity index (χ4v) is 2.74. The van der Waals surface area contributed by atoms with Gasteiger partial charge in [0.1, 0.15) is 5.75 Å². The molecule has 1 aromatic carbocycles. The van der Waals surface area contributed by atoms with E-state index in [9.17, 15) is 0 Å². The number of ether oxygens (including phenoxy) is 1. The summed E-state index contributed by atoms with van der Waals surface area (Å²) in [6, 6.07) is 11.8. The van der Waals surface area contributed by atoms with Gasteiger partial charge in [-0.1, -0.05) is 11.3 Å². The number of hydrogen-bond donors (Lipinski definition) is 1. The third-order valence-corrected chi connectivity index (χ3v) is 3.93. The quantitative estimate of drug-likeness (QED) is 0.804. The van der Waals surface area contributed by atoms with Crippen LogP contribution in [-0.2, 0) is 0 Å². The monoisotopic (exact) mass is 298 g/mol. The van der Waals surface area contributed by atoms with Crippen LogP contribution in [-0.4, -0.2) is 22.3 Å². The molecule has 2 heterocycles. The van der Waals surface area contributed by atoms with Gasteiger partial charge in [-0.3, -0.25) is 4.98 Å². The van der Waals surface area contributed by atoms with Gasteiger partial charge in [-0.05, 0) is 43.3 Å². The second-order valence-corrected chi connectivity index (χ2v) is 5.51. The normalized spacial score (nSPS) is 10.6. The zero-order valence-electron chi connectivity index (χ0n) is 11.7. The maximum atomic E-state index is 5.63. The minimum atomic E-state index is 0.462. The van der Waals surface area contributed by atoms with Gasteiger partial charge in [-0.25, -0.2) is 0 Å². The molecule has 5 nitrogen and oxygen atoms in total. The van der Waals surface area contributed by atoms with Crippen LogP contribution in [0.1, 0.15) is 5.69 Å². The van der Waals surface area contributed by atoms with Crippen molar-refractivity contribution in [3.63, 3.8) is 0 Å². The van der Waals surface area contributed by atoms with E-state index in [0.717, 1.165) is 33.3 Å². The first-order chi connectivity index (χ1) is 10.2. The molecule has 0 aliphatic rings. The molecule has 0 fully saturated rings. The molecule has 21 heavy (non-hydrogen) atoms. The van der Waals surface area contributed by atoms with Crippen molar-refractivity contribution >= 4 is 16.5 Å². The molecule has 3 rings (SSSR count). The van der Waals surface area contributed by atoms with E-state index in [-0.39, 0.29) is 0 Å². The van der Waals surface area contributed by atoms with E-state index >= 15 is 0 Å². The summed E-state index contributed by atoms with van der Waals surface area (Å²) >= 11 is 1.36. The highest BCUT2D eigenvalue weighted by molar-refractivity contribution is 7.18. The van der Waals surface area contributed by atoms with Gasteiger partial charge in [-0.15, -0.1) is 10.2 Å². The van der Waals surface area contributed by atoms with Gasteiger partial charge >= 0.3 is 0 Å².